The van der Waals surface area contributed by atoms with Crippen LogP contribution in [0.5, 0.6) is 0 Å². The van der Waals surface area contributed by atoms with Gasteiger partial charge in [-0.1, -0.05) is 24.3 Å². The largest absolute Gasteiger partial charge is 0.478 e. The molecule has 226 valence electrons. The predicted molar refractivity (Wildman–Crippen MR) is 160 cm³/mol. The molecule has 4 aromatic rings. The van der Waals surface area contributed by atoms with Crippen molar-refractivity contribution in [3.05, 3.63) is 105 Å². The summed E-state index contributed by atoms with van der Waals surface area (Å²) in [4.78, 5) is 37.1. The number of para-hydroxylation sites is 1. The number of carbonyl (C=O) groups excluding carboxylic acids is 1. The number of carboxylic acid groups (broad SMARTS) is 2. The van der Waals surface area contributed by atoms with Crippen molar-refractivity contribution in [3.63, 3.8) is 0 Å². The molecule has 1 amide bonds. The summed E-state index contributed by atoms with van der Waals surface area (Å²) in [5, 5.41) is 29.4. The minimum atomic E-state index is -4.70. The number of thiophene rings is 1. The summed E-state index contributed by atoms with van der Waals surface area (Å²) in [5.41, 5.74) is 5.03. The number of alkyl halides is 3. The highest BCUT2D eigenvalue weighted by Crippen LogP contribution is 2.37. The Morgan fingerprint density at radius 2 is 1.47 bits per heavy atom. The van der Waals surface area contributed by atoms with Crippen LogP contribution in [-0.2, 0) is 23.9 Å². The molecule has 0 unspecified atom stereocenters. The third-order valence-electron chi connectivity index (χ3n) is 6.16. The van der Waals surface area contributed by atoms with E-state index >= 15 is 0 Å². The lowest BCUT2D eigenvalue weighted by molar-refractivity contribution is -0.137. The first-order chi connectivity index (χ1) is 19.9. The average Bonchev–Trinajstić information content (AvgIpc) is 3.45. The van der Waals surface area contributed by atoms with E-state index in [1.54, 1.807) is 6.07 Å². The predicted octanol–water partition coefficient (Wildman–Crippen LogP) is 6.26. The van der Waals surface area contributed by atoms with Crippen LogP contribution >= 0.6 is 23.7 Å². The van der Waals surface area contributed by atoms with Crippen LogP contribution < -0.4 is 21.7 Å². The van der Waals surface area contributed by atoms with Gasteiger partial charge >= 0.3 is 18.1 Å². The van der Waals surface area contributed by atoms with Crippen molar-refractivity contribution in [1.82, 2.24) is 5.32 Å². The number of amides is 1. The Morgan fingerprint density at radius 1 is 0.814 bits per heavy atom. The van der Waals surface area contributed by atoms with Gasteiger partial charge in [-0.25, -0.2) is 9.59 Å². The number of benzene rings is 3. The zero-order valence-electron chi connectivity index (χ0n) is 22.1. The second-order valence-corrected chi connectivity index (χ2v) is 10.2. The lowest BCUT2D eigenvalue weighted by Crippen LogP contribution is -2.41. The quantitative estimate of drug-likeness (QED) is 0.113. The molecular formula is C29H26ClF3N4O5S. The highest BCUT2D eigenvalue weighted by Gasteiger charge is 2.31. The van der Waals surface area contributed by atoms with Crippen LogP contribution in [0.15, 0.2) is 78.2 Å². The molecule has 0 aliphatic carbocycles. The van der Waals surface area contributed by atoms with Gasteiger partial charge in [0, 0.05) is 17.8 Å². The second-order valence-electron chi connectivity index (χ2n) is 9.15. The van der Waals surface area contributed by atoms with E-state index in [1.807, 2.05) is 17.5 Å². The number of carbonyl (C=O) groups is 3. The summed E-state index contributed by atoms with van der Waals surface area (Å²) in [5.74, 6) is -3.04. The summed E-state index contributed by atoms with van der Waals surface area (Å²) in [6, 6.07) is 15.6. The number of carboxylic acids is 2. The number of anilines is 4. The first-order valence-electron chi connectivity index (χ1n) is 12.4. The molecule has 0 fully saturated rings. The normalized spacial score (nSPS) is 11.6. The first-order valence-corrected chi connectivity index (χ1v) is 13.3. The monoisotopic (exact) mass is 634 g/mol. The van der Waals surface area contributed by atoms with Gasteiger partial charge in [0.15, 0.2) is 0 Å². The van der Waals surface area contributed by atoms with Gasteiger partial charge in [-0.2, -0.15) is 13.2 Å². The minimum absolute atomic E-state index is 0. The van der Waals surface area contributed by atoms with Crippen LogP contribution in [0.1, 0.15) is 36.7 Å². The van der Waals surface area contributed by atoms with E-state index < -0.39 is 35.6 Å². The maximum absolute atomic E-state index is 13.5. The van der Waals surface area contributed by atoms with Gasteiger partial charge in [-0.15, -0.1) is 23.7 Å². The Morgan fingerprint density at radius 3 is 2.12 bits per heavy atom. The van der Waals surface area contributed by atoms with Crippen LogP contribution in [0.3, 0.4) is 0 Å². The molecule has 0 aliphatic heterocycles. The van der Waals surface area contributed by atoms with Crippen molar-refractivity contribution in [2.75, 3.05) is 10.6 Å². The molecule has 0 spiro atoms. The SMILES string of the molecule is Cl.N[C@@H](Cc1cccs1)C(=O)NCc1ccc(Nc2cc(C(F)(F)F)ccc2Nc2ccccc2C(=O)O)c(C(=O)O)c1. The molecule has 0 aliphatic rings. The standard InChI is InChI=1S/C29H25F3N4O5S.ClH/c30-29(31,32)17-8-10-24(35-22-6-2-1-5-19(22)27(38)39)25(13-17)36-23-9-7-16(12-20(23)28(40)41)15-34-26(37)21(33)14-18-4-3-11-42-18;/h1-13,21,35-36H,14-15,33H2,(H,34,37)(H,38,39)(H,40,41);1H/t21-;/m0./s1. The van der Waals surface area contributed by atoms with Gasteiger partial charge in [-0.05, 0) is 59.5 Å². The minimum Gasteiger partial charge on any atom is -0.478 e. The van der Waals surface area contributed by atoms with E-state index in [-0.39, 0.29) is 52.8 Å². The number of rotatable bonds is 11. The van der Waals surface area contributed by atoms with E-state index in [1.165, 1.54) is 47.7 Å². The zero-order valence-corrected chi connectivity index (χ0v) is 23.8. The fourth-order valence-corrected chi connectivity index (χ4v) is 4.81. The third kappa shape index (κ3) is 8.47. The Balaban J connectivity index is 0.00000506. The third-order valence-corrected chi connectivity index (χ3v) is 7.06. The summed E-state index contributed by atoms with van der Waals surface area (Å²) in [7, 11) is 0. The summed E-state index contributed by atoms with van der Waals surface area (Å²) < 4.78 is 40.6. The molecule has 9 nitrogen and oxygen atoms in total. The van der Waals surface area contributed by atoms with Gasteiger partial charge in [0.05, 0.1) is 45.5 Å². The smallest absolute Gasteiger partial charge is 0.416 e. The number of halogens is 4. The highest BCUT2D eigenvalue weighted by molar-refractivity contribution is 7.09. The van der Waals surface area contributed by atoms with E-state index in [4.69, 9.17) is 5.73 Å². The van der Waals surface area contributed by atoms with Crippen molar-refractivity contribution < 1.29 is 37.8 Å². The van der Waals surface area contributed by atoms with Crippen LogP contribution in [-0.4, -0.2) is 34.1 Å². The summed E-state index contributed by atoms with van der Waals surface area (Å²) in [6.45, 7) is -0.0279. The maximum atomic E-state index is 13.5. The van der Waals surface area contributed by atoms with E-state index in [0.717, 1.165) is 23.1 Å². The van der Waals surface area contributed by atoms with Gasteiger partial charge in [0.1, 0.15) is 0 Å². The lowest BCUT2D eigenvalue weighted by Gasteiger charge is -2.19. The van der Waals surface area contributed by atoms with Gasteiger partial charge in [-0.3, -0.25) is 4.79 Å². The Kier molecular flexibility index (Phi) is 10.8. The molecule has 1 aromatic heterocycles. The fourth-order valence-electron chi connectivity index (χ4n) is 4.05. The van der Waals surface area contributed by atoms with Crippen molar-refractivity contribution >= 4 is 64.3 Å². The van der Waals surface area contributed by atoms with Gasteiger partial charge < -0.3 is 31.9 Å². The maximum Gasteiger partial charge on any atom is 0.416 e. The average molecular weight is 635 g/mol. The molecule has 3 aromatic carbocycles. The second kappa shape index (κ2) is 14.1. The molecule has 0 radical (unpaired) electrons. The molecule has 0 saturated carbocycles. The van der Waals surface area contributed by atoms with E-state index in [2.05, 4.69) is 16.0 Å². The molecule has 0 bridgehead atoms. The van der Waals surface area contributed by atoms with Crippen LogP contribution in [0, 0.1) is 0 Å². The molecule has 4 rings (SSSR count). The number of aromatic carboxylic acids is 2. The number of hydrogen-bond acceptors (Lipinski definition) is 7. The van der Waals surface area contributed by atoms with Crippen LogP contribution in [0.4, 0.5) is 35.9 Å². The Bertz CT molecular complexity index is 1620. The summed E-state index contributed by atoms with van der Waals surface area (Å²) in [6.07, 6.45) is -4.35. The van der Waals surface area contributed by atoms with Crippen molar-refractivity contribution in [1.29, 1.82) is 0 Å². The highest BCUT2D eigenvalue weighted by atomic mass is 35.5. The Labute approximate surface area is 254 Å². The van der Waals surface area contributed by atoms with Crippen molar-refractivity contribution in [3.8, 4) is 0 Å². The first kappa shape index (κ1) is 32.9. The molecular weight excluding hydrogens is 609 g/mol. The van der Waals surface area contributed by atoms with Crippen LogP contribution in [0.2, 0.25) is 0 Å². The van der Waals surface area contributed by atoms with Crippen LogP contribution in [0.25, 0.3) is 0 Å². The molecule has 14 heteroatoms. The molecule has 43 heavy (non-hydrogen) atoms. The molecule has 7 N–H and O–H groups in total. The van der Waals surface area contributed by atoms with Crippen molar-refractivity contribution in [2.45, 2.75) is 25.2 Å². The summed E-state index contributed by atoms with van der Waals surface area (Å²) >= 11 is 1.47. The zero-order chi connectivity index (χ0) is 30.4. The van der Waals surface area contributed by atoms with E-state index in [0.29, 0.717) is 12.0 Å². The molecule has 1 heterocycles. The lowest BCUT2D eigenvalue weighted by atomic mass is 10.1. The molecule has 1 atom stereocenters. The topological polar surface area (TPSA) is 154 Å². The fraction of sp³-hybridized carbons (Fsp3) is 0.138. The van der Waals surface area contributed by atoms with Gasteiger partial charge in [0.2, 0.25) is 5.91 Å². The number of nitrogens with two attached hydrogens (primary N) is 1. The van der Waals surface area contributed by atoms with Gasteiger partial charge in [0.25, 0.3) is 0 Å². The number of nitrogens with one attached hydrogen (secondary N) is 3. The van der Waals surface area contributed by atoms with Crippen molar-refractivity contribution in [2.24, 2.45) is 5.73 Å². The Hall–Kier alpha value is -4.59. The van der Waals surface area contributed by atoms with E-state index in [9.17, 15) is 37.8 Å². The molecule has 0 saturated heterocycles. The number of hydrogen-bond donors (Lipinski definition) is 6.